The van der Waals surface area contributed by atoms with Gasteiger partial charge in [-0.1, -0.05) is 92.2 Å². The molecule has 4 nitrogen and oxygen atoms in total. The molecule has 0 aromatic heterocycles. The van der Waals surface area contributed by atoms with Crippen molar-refractivity contribution in [3.63, 3.8) is 0 Å². The Morgan fingerprint density at radius 1 is 0.824 bits per heavy atom. The Bertz CT molecular complexity index is 1060. The van der Waals surface area contributed by atoms with E-state index in [4.69, 9.17) is 11.6 Å². The molecule has 3 aromatic carbocycles. The molecule has 3 rings (SSSR count). The zero-order chi connectivity index (χ0) is 24.6. The lowest BCUT2D eigenvalue weighted by atomic mass is 9.96. The van der Waals surface area contributed by atoms with Gasteiger partial charge in [0.2, 0.25) is 10.0 Å². The molecule has 182 valence electrons. The van der Waals surface area contributed by atoms with E-state index < -0.39 is 16.1 Å². The fourth-order valence-electron chi connectivity index (χ4n) is 4.17. The molecule has 34 heavy (non-hydrogen) atoms. The first-order valence-corrected chi connectivity index (χ1v) is 13.8. The van der Waals surface area contributed by atoms with E-state index >= 15 is 0 Å². The predicted molar refractivity (Wildman–Crippen MR) is 141 cm³/mol. The summed E-state index contributed by atoms with van der Waals surface area (Å²) in [5.74, 6) is 0.552. The second-order valence-electron chi connectivity index (χ2n) is 9.27. The Morgan fingerprint density at radius 2 is 1.32 bits per heavy atom. The van der Waals surface area contributed by atoms with E-state index in [1.165, 1.54) is 11.1 Å². The molecule has 0 unspecified atom stereocenters. The zero-order valence-electron chi connectivity index (χ0n) is 20.2. The highest BCUT2D eigenvalue weighted by molar-refractivity contribution is 7.89. The first kappa shape index (κ1) is 26.4. The molecule has 0 spiro atoms. The summed E-state index contributed by atoms with van der Waals surface area (Å²) in [7, 11) is -3.71. The molecule has 0 aliphatic carbocycles. The number of sulfonamides is 1. The molecule has 6 heteroatoms. The third-order valence-electron chi connectivity index (χ3n) is 5.91. The van der Waals surface area contributed by atoms with Crippen molar-refractivity contribution in [3.05, 3.63) is 102 Å². The van der Waals surface area contributed by atoms with Gasteiger partial charge in [-0.2, -0.15) is 0 Å². The molecule has 1 N–H and O–H groups in total. The molecule has 0 heterocycles. The zero-order valence-corrected chi connectivity index (χ0v) is 21.8. The van der Waals surface area contributed by atoms with Crippen LogP contribution in [0.25, 0.3) is 0 Å². The molecular weight excluding hydrogens is 464 g/mol. The minimum Gasteiger partial charge on any atom is -0.290 e. The SMILES string of the molecule is Cc1ccc(S(=O)(=O)N[C@H](CCl)[C@H](CC(C)C)N(Cc2ccccc2)Cc2ccccc2)cc1. The van der Waals surface area contributed by atoms with Gasteiger partial charge in [0.15, 0.2) is 0 Å². The maximum absolute atomic E-state index is 13.3. The molecular formula is C28H35ClN2O2S. The number of benzene rings is 3. The molecule has 0 amide bonds. The summed E-state index contributed by atoms with van der Waals surface area (Å²) in [6, 6.07) is 27.0. The number of nitrogens with zero attached hydrogens (tertiary/aromatic N) is 1. The maximum atomic E-state index is 13.3. The summed E-state index contributed by atoms with van der Waals surface area (Å²) >= 11 is 6.46. The van der Waals surface area contributed by atoms with Crippen molar-refractivity contribution in [1.29, 1.82) is 0 Å². The summed E-state index contributed by atoms with van der Waals surface area (Å²) in [5, 5.41) is 0. The van der Waals surface area contributed by atoms with Crippen LogP contribution in [0.5, 0.6) is 0 Å². The quantitative estimate of drug-likeness (QED) is 0.312. The van der Waals surface area contributed by atoms with Gasteiger partial charge in [0.05, 0.1) is 10.9 Å². The number of hydrogen-bond acceptors (Lipinski definition) is 3. The normalized spacial score (nSPS) is 13.8. The van der Waals surface area contributed by atoms with Crippen molar-refractivity contribution in [1.82, 2.24) is 9.62 Å². The van der Waals surface area contributed by atoms with Gasteiger partial charge in [0.1, 0.15) is 0 Å². The molecule has 0 saturated heterocycles. The number of nitrogens with one attached hydrogen (secondary N) is 1. The van der Waals surface area contributed by atoms with Crippen LogP contribution in [-0.2, 0) is 23.1 Å². The van der Waals surface area contributed by atoms with Gasteiger partial charge in [-0.25, -0.2) is 13.1 Å². The Labute approximate surface area is 210 Å². The minimum atomic E-state index is -3.71. The Balaban J connectivity index is 1.94. The van der Waals surface area contributed by atoms with Crippen LogP contribution in [-0.4, -0.2) is 31.3 Å². The fraction of sp³-hybridized carbons (Fsp3) is 0.357. The van der Waals surface area contributed by atoms with Gasteiger partial charge in [-0.3, -0.25) is 4.90 Å². The standard InChI is InChI=1S/C28H35ClN2O2S/c1-22(2)18-28(27(19-29)30-34(32,33)26-16-14-23(3)15-17-26)31(20-24-10-6-4-7-11-24)21-25-12-8-5-9-13-25/h4-17,22,27-28,30H,18-21H2,1-3H3/t27-,28+/m1/s1. The molecule has 0 bridgehead atoms. The summed E-state index contributed by atoms with van der Waals surface area (Å²) in [4.78, 5) is 2.62. The van der Waals surface area contributed by atoms with Gasteiger partial charge in [-0.15, -0.1) is 11.6 Å². The second kappa shape index (κ2) is 12.5. The number of alkyl halides is 1. The third kappa shape index (κ3) is 7.67. The number of aryl methyl sites for hydroxylation is 1. The molecule has 0 aliphatic heterocycles. The van der Waals surface area contributed by atoms with Crippen molar-refractivity contribution in [2.24, 2.45) is 5.92 Å². The van der Waals surface area contributed by atoms with Crippen LogP contribution in [0, 0.1) is 12.8 Å². The number of halogens is 1. The molecule has 0 radical (unpaired) electrons. The van der Waals surface area contributed by atoms with Crippen molar-refractivity contribution in [2.45, 2.75) is 57.3 Å². The largest absolute Gasteiger partial charge is 0.290 e. The number of rotatable bonds is 12. The van der Waals surface area contributed by atoms with Gasteiger partial charge < -0.3 is 0 Å². The summed E-state index contributed by atoms with van der Waals surface area (Å²) < 4.78 is 29.4. The topological polar surface area (TPSA) is 49.4 Å². The Morgan fingerprint density at radius 3 is 1.76 bits per heavy atom. The lowest BCUT2D eigenvalue weighted by molar-refractivity contribution is 0.133. The smallest absolute Gasteiger partial charge is 0.240 e. The highest BCUT2D eigenvalue weighted by Crippen LogP contribution is 2.23. The van der Waals surface area contributed by atoms with Crippen molar-refractivity contribution in [3.8, 4) is 0 Å². The Kier molecular flexibility index (Phi) is 9.72. The van der Waals surface area contributed by atoms with Gasteiger partial charge in [0.25, 0.3) is 0 Å². The highest BCUT2D eigenvalue weighted by atomic mass is 35.5. The highest BCUT2D eigenvalue weighted by Gasteiger charge is 2.31. The van der Waals surface area contributed by atoms with Gasteiger partial charge in [-0.05, 0) is 42.5 Å². The van der Waals surface area contributed by atoms with Crippen LogP contribution in [0.3, 0.4) is 0 Å². The van der Waals surface area contributed by atoms with Crippen LogP contribution in [0.15, 0.2) is 89.8 Å². The predicted octanol–water partition coefficient (Wildman–Crippen LogP) is 6.00. The van der Waals surface area contributed by atoms with Crippen LogP contribution in [0.2, 0.25) is 0 Å². The van der Waals surface area contributed by atoms with Crippen molar-refractivity contribution < 1.29 is 8.42 Å². The van der Waals surface area contributed by atoms with E-state index in [-0.39, 0.29) is 16.8 Å². The summed E-state index contributed by atoms with van der Waals surface area (Å²) in [5.41, 5.74) is 3.38. The first-order valence-electron chi connectivity index (χ1n) is 11.8. The third-order valence-corrected chi connectivity index (χ3v) is 7.75. The van der Waals surface area contributed by atoms with Crippen LogP contribution >= 0.6 is 11.6 Å². The van der Waals surface area contributed by atoms with E-state index in [2.05, 4.69) is 47.7 Å². The number of hydrogen-bond donors (Lipinski definition) is 1. The summed E-state index contributed by atoms with van der Waals surface area (Å²) in [6.45, 7) is 7.67. The van der Waals surface area contributed by atoms with Crippen LogP contribution in [0.1, 0.15) is 37.0 Å². The van der Waals surface area contributed by atoms with Gasteiger partial charge in [0, 0.05) is 25.0 Å². The molecule has 3 aromatic rings. The van der Waals surface area contributed by atoms with E-state index in [1.807, 2.05) is 55.5 Å². The van der Waals surface area contributed by atoms with E-state index in [0.717, 1.165) is 12.0 Å². The lowest BCUT2D eigenvalue weighted by Crippen LogP contribution is -2.52. The second-order valence-corrected chi connectivity index (χ2v) is 11.3. The molecule has 0 aliphatic rings. The van der Waals surface area contributed by atoms with Crippen LogP contribution in [0.4, 0.5) is 0 Å². The maximum Gasteiger partial charge on any atom is 0.240 e. The Hall–Kier alpha value is -2.18. The van der Waals surface area contributed by atoms with E-state index in [9.17, 15) is 8.42 Å². The average Bonchev–Trinajstić information content (AvgIpc) is 2.82. The lowest BCUT2D eigenvalue weighted by Gasteiger charge is -2.38. The molecule has 0 saturated carbocycles. The van der Waals surface area contributed by atoms with E-state index in [1.54, 1.807) is 12.1 Å². The van der Waals surface area contributed by atoms with Crippen LogP contribution < -0.4 is 4.72 Å². The monoisotopic (exact) mass is 498 g/mol. The minimum absolute atomic E-state index is 0.0851. The average molecular weight is 499 g/mol. The van der Waals surface area contributed by atoms with Crippen molar-refractivity contribution in [2.75, 3.05) is 5.88 Å². The van der Waals surface area contributed by atoms with E-state index in [0.29, 0.717) is 19.0 Å². The summed E-state index contributed by atoms with van der Waals surface area (Å²) in [6.07, 6.45) is 0.813. The fourth-order valence-corrected chi connectivity index (χ4v) is 5.82. The molecule has 0 fully saturated rings. The van der Waals surface area contributed by atoms with Gasteiger partial charge >= 0.3 is 0 Å². The first-order chi connectivity index (χ1) is 16.3. The van der Waals surface area contributed by atoms with Crippen molar-refractivity contribution >= 4 is 21.6 Å². The molecule has 2 atom stereocenters.